The van der Waals surface area contributed by atoms with Crippen LogP contribution in [0.25, 0.3) is 0 Å². The zero-order chi connectivity index (χ0) is 14.7. The van der Waals surface area contributed by atoms with Crippen LogP contribution in [0.15, 0.2) is 76.0 Å². The summed E-state index contributed by atoms with van der Waals surface area (Å²) in [4.78, 5) is 23.7. The quantitative estimate of drug-likeness (QED) is 0.625. The summed E-state index contributed by atoms with van der Waals surface area (Å²) >= 11 is 0. The molecule has 0 N–H and O–H groups in total. The zero-order valence-corrected chi connectivity index (χ0v) is 10.9. The number of amidine groups is 1. The molecule has 1 aliphatic rings. The smallest absolute Gasteiger partial charge is 0.279 e. The van der Waals surface area contributed by atoms with Crippen molar-refractivity contribution >= 4 is 28.9 Å². The Morgan fingerprint density at radius 1 is 0.810 bits per heavy atom. The fourth-order valence-electron chi connectivity index (χ4n) is 1.79. The first kappa shape index (κ1) is 12.9. The number of hydrogen-bond acceptors (Lipinski definition) is 5. The second-order valence-electron chi connectivity index (χ2n) is 4.24. The highest BCUT2D eigenvalue weighted by Crippen LogP contribution is 2.19. The highest BCUT2D eigenvalue weighted by molar-refractivity contribution is 6.69. The summed E-state index contributed by atoms with van der Waals surface area (Å²) in [6.45, 7) is 0. The van der Waals surface area contributed by atoms with Gasteiger partial charge in [-0.25, -0.2) is 0 Å². The summed E-state index contributed by atoms with van der Waals surface area (Å²) in [6, 6.07) is 17.6. The molecule has 0 spiro atoms. The van der Waals surface area contributed by atoms with Gasteiger partial charge in [-0.2, -0.15) is 5.01 Å². The van der Waals surface area contributed by atoms with Crippen LogP contribution in [0.2, 0.25) is 0 Å². The number of anilines is 1. The van der Waals surface area contributed by atoms with Gasteiger partial charge in [0, 0.05) is 0 Å². The summed E-state index contributed by atoms with van der Waals surface area (Å²) in [7, 11) is 0. The minimum absolute atomic E-state index is 0.215. The van der Waals surface area contributed by atoms with Crippen molar-refractivity contribution in [1.29, 1.82) is 0 Å². The maximum Gasteiger partial charge on any atom is 0.323 e. The molecule has 102 valence electrons. The lowest BCUT2D eigenvalue weighted by atomic mass is 10.3. The SMILES string of the molecule is O=C1C(=O)N(c2ccccc2)N=C1N=Nc1ccccc1. The molecule has 0 radical (unpaired) electrons. The van der Waals surface area contributed by atoms with Gasteiger partial charge in [0.1, 0.15) is 0 Å². The maximum atomic E-state index is 11.9. The van der Waals surface area contributed by atoms with E-state index in [0.29, 0.717) is 11.4 Å². The first-order valence-corrected chi connectivity index (χ1v) is 6.25. The Bertz CT molecular complexity index is 739. The lowest BCUT2D eigenvalue weighted by Crippen LogP contribution is -2.26. The summed E-state index contributed by atoms with van der Waals surface area (Å²) in [5.41, 5.74) is 1.10. The molecule has 1 aliphatic heterocycles. The largest absolute Gasteiger partial charge is 0.323 e. The molecule has 1 heterocycles. The van der Waals surface area contributed by atoms with Crippen molar-refractivity contribution in [1.82, 2.24) is 0 Å². The molecule has 2 aromatic carbocycles. The van der Waals surface area contributed by atoms with E-state index in [1.54, 1.807) is 48.5 Å². The van der Waals surface area contributed by atoms with E-state index in [1.165, 1.54) is 0 Å². The molecule has 0 aliphatic carbocycles. The summed E-state index contributed by atoms with van der Waals surface area (Å²) in [5.74, 6) is -1.71. The lowest BCUT2D eigenvalue weighted by molar-refractivity contribution is -0.131. The minimum atomic E-state index is -0.765. The molecule has 0 aromatic heterocycles. The summed E-state index contributed by atoms with van der Waals surface area (Å²) < 4.78 is 0. The van der Waals surface area contributed by atoms with Gasteiger partial charge in [0.15, 0.2) is 0 Å². The topological polar surface area (TPSA) is 74.5 Å². The Morgan fingerprint density at radius 2 is 1.43 bits per heavy atom. The van der Waals surface area contributed by atoms with Crippen LogP contribution in [-0.4, -0.2) is 17.5 Å². The molecule has 0 saturated heterocycles. The zero-order valence-electron chi connectivity index (χ0n) is 10.9. The van der Waals surface area contributed by atoms with Gasteiger partial charge < -0.3 is 0 Å². The molecule has 0 atom stereocenters. The normalized spacial score (nSPS) is 14.9. The molecule has 2 aromatic rings. The number of azo groups is 1. The van der Waals surface area contributed by atoms with Crippen molar-refractivity contribution in [3.63, 3.8) is 0 Å². The maximum absolute atomic E-state index is 11.9. The monoisotopic (exact) mass is 278 g/mol. The fraction of sp³-hybridized carbons (Fsp3) is 0. The van der Waals surface area contributed by atoms with Crippen LogP contribution in [0.1, 0.15) is 0 Å². The van der Waals surface area contributed by atoms with Gasteiger partial charge in [-0.3, -0.25) is 9.59 Å². The third-order valence-corrected chi connectivity index (χ3v) is 2.80. The molecular formula is C15H10N4O2. The van der Waals surface area contributed by atoms with E-state index in [4.69, 9.17) is 0 Å². The summed E-state index contributed by atoms with van der Waals surface area (Å²) in [5, 5.41) is 12.6. The first-order valence-electron chi connectivity index (χ1n) is 6.25. The molecular weight excluding hydrogens is 268 g/mol. The molecule has 6 heteroatoms. The third-order valence-electron chi connectivity index (χ3n) is 2.80. The van der Waals surface area contributed by atoms with Gasteiger partial charge in [-0.1, -0.05) is 36.4 Å². The Balaban J connectivity index is 1.87. The van der Waals surface area contributed by atoms with Crippen molar-refractivity contribution in [3.8, 4) is 0 Å². The Morgan fingerprint density at radius 3 is 2.10 bits per heavy atom. The minimum Gasteiger partial charge on any atom is -0.279 e. The second-order valence-corrected chi connectivity index (χ2v) is 4.24. The number of Topliss-reactive ketones (excluding diaryl/α,β-unsaturated/α-hetero) is 1. The average Bonchev–Trinajstić information content (AvgIpc) is 2.83. The first-order chi connectivity index (χ1) is 10.3. The van der Waals surface area contributed by atoms with Crippen molar-refractivity contribution in [2.75, 3.05) is 5.01 Å². The van der Waals surface area contributed by atoms with Crippen LogP contribution in [0, 0.1) is 0 Å². The molecule has 0 fully saturated rings. The van der Waals surface area contributed by atoms with E-state index in [-0.39, 0.29) is 5.84 Å². The highest BCUT2D eigenvalue weighted by atomic mass is 16.2. The fourth-order valence-corrected chi connectivity index (χ4v) is 1.79. The van der Waals surface area contributed by atoms with Crippen molar-refractivity contribution < 1.29 is 9.59 Å². The lowest BCUT2D eigenvalue weighted by Gasteiger charge is -2.08. The number of nitrogens with zero attached hydrogens (tertiary/aromatic N) is 4. The number of carbonyl (C=O) groups is 2. The number of hydrazone groups is 1. The van der Waals surface area contributed by atoms with E-state index in [9.17, 15) is 9.59 Å². The Labute approximate surface area is 120 Å². The predicted octanol–water partition coefficient (Wildman–Crippen LogP) is 2.70. The average molecular weight is 278 g/mol. The summed E-state index contributed by atoms with van der Waals surface area (Å²) in [6.07, 6.45) is 0. The van der Waals surface area contributed by atoms with Crippen LogP contribution < -0.4 is 5.01 Å². The van der Waals surface area contributed by atoms with Gasteiger partial charge in [0.25, 0.3) is 5.78 Å². The molecule has 21 heavy (non-hydrogen) atoms. The number of carbonyl (C=O) groups excluding carboxylic acids is 2. The number of para-hydroxylation sites is 1. The van der Waals surface area contributed by atoms with Gasteiger partial charge in [-0.05, 0) is 24.3 Å². The van der Waals surface area contributed by atoms with E-state index in [1.807, 2.05) is 12.1 Å². The predicted molar refractivity (Wildman–Crippen MR) is 77.3 cm³/mol. The van der Waals surface area contributed by atoms with Crippen LogP contribution in [0.5, 0.6) is 0 Å². The van der Waals surface area contributed by atoms with Crippen molar-refractivity contribution in [3.05, 3.63) is 60.7 Å². The molecule has 0 bridgehead atoms. The third kappa shape index (κ3) is 2.59. The van der Waals surface area contributed by atoms with Crippen LogP contribution in [0.3, 0.4) is 0 Å². The molecule has 1 amide bonds. The van der Waals surface area contributed by atoms with Gasteiger partial charge in [0.05, 0.1) is 11.4 Å². The van der Waals surface area contributed by atoms with Crippen LogP contribution in [0.4, 0.5) is 11.4 Å². The van der Waals surface area contributed by atoms with Gasteiger partial charge in [-0.15, -0.1) is 15.3 Å². The Kier molecular flexibility index (Phi) is 3.34. The standard InChI is InChI=1S/C15H10N4O2/c20-13-14(17-16-11-7-3-1-4-8-11)18-19(15(13)21)12-9-5-2-6-10-12/h1-10H. The van der Waals surface area contributed by atoms with E-state index >= 15 is 0 Å². The van der Waals surface area contributed by atoms with Gasteiger partial charge in [0.2, 0.25) is 5.84 Å². The van der Waals surface area contributed by atoms with Crippen molar-refractivity contribution in [2.24, 2.45) is 15.3 Å². The molecule has 6 nitrogen and oxygen atoms in total. The van der Waals surface area contributed by atoms with E-state index < -0.39 is 11.7 Å². The van der Waals surface area contributed by atoms with Gasteiger partial charge >= 0.3 is 5.91 Å². The number of benzene rings is 2. The number of ketones is 1. The number of amides is 1. The molecule has 3 rings (SSSR count). The van der Waals surface area contributed by atoms with Crippen molar-refractivity contribution in [2.45, 2.75) is 0 Å². The second kappa shape index (κ2) is 5.46. The highest BCUT2D eigenvalue weighted by Gasteiger charge is 2.35. The number of hydrogen-bond donors (Lipinski definition) is 0. The Hall–Kier alpha value is -3.15. The van der Waals surface area contributed by atoms with Crippen LogP contribution >= 0.6 is 0 Å². The molecule has 0 unspecified atom stereocenters. The number of rotatable bonds is 2. The van der Waals surface area contributed by atoms with E-state index in [2.05, 4.69) is 15.3 Å². The molecule has 0 saturated carbocycles. The van der Waals surface area contributed by atoms with Crippen LogP contribution in [-0.2, 0) is 9.59 Å². The van der Waals surface area contributed by atoms with E-state index in [0.717, 1.165) is 5.01 Å².